The molecule has 0 amide bonds. The lowest BCUT2D eigenvalue weighted by atomic mass is 10.1. The fourth-order valence-corrected chi connectivity index (χ4v) is 1.77. The monoisotopic (exact) mass is 220 g/mol. The lowest BCUT2D eigenvalue weighted by Crippen LogP contribution is -1.94. The Morgan fingerprint density at radius 2 is 2.12 bits per heavy atom. The maximum atomic E-state index is 13.1. The highest BCUT2D eigenvalue weighted by Gasteiger charge is 2.13. The van der Waals surface area contributed by atoms with Gasteiger partial charge in [0.2, 0.25) is 0 Å². The highest BCUT2D eigenvalue weighted by atomic mass is 19.1. The van der Waals surface area contributed by atoms with Gasteiger partial charge in [0.15, 0.2) is 11.5 Å². The molecule has 84 valence electrons. The van der Waals surface area contributed by atoms with E-state index in [1.54, 1.807) is 13.0 Å². The van der Waals surface area contributed by atoms with Crippen LogP contribution in [-0.2, 0) is 0 Å². The number of furan rings is 1. The lowest BCUT2D eigenvalue weighted by Gasteiger charge is -1.94. The van der Waals surface area contributed by atoms with Gasteiger partial charge in [-0.15, -0.1) is 0 Å². The maximum absolute atomic E-state index is 13.1. The predicted octanol–water partition coefficient (Wildman–Crippen LogP) is 3.86. The van der Waals surface area contributed by atoms with Crippen LogP contribution in [0.25, 0.3) is 11.0 Å². The zero-order valence-corrected chi connectivity index (χ0v) is 9.34. The first-order valence-electron chi connectivity index (χ1n) is 5.34. The van der Waals surface area contributed by atoms with Crippen molar-refractivity contribution in [1.29, 1.82) is 0 Å². The summed E-state index contributed by atoms with van der Waals surface area (Å²) in [5, 5.41) is 0.650. The zero-order chi connectivity index (χ0) is 11.7. The van der Waals surface area contributed by atoms with Crippen molar-refractivity contribution in [3.63, 3.8) is 0 Å². The van der Waals surface area contributed by atoms with E-state index < -0.39 is 0 Å². The molecular weight excluding hydrogens is 207 g/mol. The second-order valence-electron chi connectivity index (χ2n) is 3.92. The highest BCUT2D eigenvalue weighted by Crippen LogP contribution is 2.25. The molecule has 0 saturated heterocycles. The van der Waals surface area contributed by atoms with Crippen LogP contribution in [0.1, 0.15) is 35.9 Å². The first-order valence-corrected chi connectivity index (χ1v) is 5.34. The summed E-state index contributed by atoms with van der Waals surface area (Å²) in [6, 6.07) is 4.40. The Labute approximate surface area is 93.1 Å². The van der Waals surface area contributed by atoms with Crippen LogP contribution in [0, 0.1) is 12.7 Å². The van der Waals surface area contributed by atoms with Gasteiger partial charge in [-0.3, -0.25) is 4.79 Å². The third-order valence-corrected chi connectivity index (χ3v) is 2.52. The number of carbonyl (C=O) groups is 1. The van der Waals surface area contributed by atoms with Gasteiger partial charge in [0.05, 0.1) is 0 Å². The van der Waals surface area contributed by atoms with Crippen LogP contribution in [0.2, 0.25) is 0 Å². The van der Waals surface area contributed by atoms with Gasteiger partial charge in [-0.2, -0.15) is 0 Å². The number of aryl methyl sites for hydroxylation is 1. The first-order chi connectivity index (χ1) is 7.61. The molecule has 0 saturated carbocycles. The summed E-state index contributed by atoms with van der Waals surface area (Å²) in [6.07, 6.45) is 1.24. The quantitative estimate of drug-likeness (QED) is 0.735. The number of Topliss-reactive ketones (excluding diaryl/α,β-unsaturated/α-hetero) is 1. The van der Waals surface area contributed by atoms with Gasteiger partial charge >= 0.3 is 0 Å². The number of benzene rings is 1. The molecule has 0 aliphatic heterocycles. The molecule has 0 N–H and O–H groups in total. The molecule has 2 rings (SSSR count). The second-order valence-corrected chi connectivity index (χ2v) is 3.92. The molecule has 0 radical (unpaired) electrons. The Kier molecular flexibility index (Phi) is 2.77. The Morgan fingerprint density at radius 3 is 2.81 bits per heavy atom. The molecule has 0 spiro atoms. The Morgan fingerprint density at radius 1 is 1.38 bits per heavy atom. The van der Waals surface area contributed by atoms with Gasteiger partial charge in [0.25, 0.3) is 0 Å². The standard InChI is InChI=1S/C13H13FO2/c1-3-4-11(15)12-7-9-6-10(14)5-8(2)13(9)16-12/h5-7H,3-4H2,1-2H3. The molecule has 0 fully saturated rings. The molecule has 3 heteroatoms. The van der Waals surface area contributed by atoms with E-state index in [-0.39, 0.29) is 11.6 Å². The zero-order valence-electron chi connectivity index (χ0n) is 9.34. The van der Waals surface area contributed by atoms with Gasteiger partial charge < -0.3 is 4.42 Å². The van der Waals surface area contributed by atoms with Crippen LogP contribution >= 0.6 is 0 Å². The van der Waals surface area contributed by atoms with Gasteiger partial charge in [-0.25, -0.2) is 4.39 Å². The summed E-state index contributed by atoms with van der Waals surface area (Å²) in [5.74, 6) is -0.00986. The number of carbonyl (C=O) groups excluding carboxylic acids is 1. The molecule has 0 bridgehead atoms. The van der Waals surface area contributed by atoms with E-state index in [1.807, 2.05) is 6.92 Å². The van der Waals surface area contributed by atoms with Crippen molar-refractivity contribution < 1.29 is 13.6 Å². The minimum absolute atomic E-state index is 0.0292. The summed E-state index contributed by atoms with van der Waals surface area (Å²) < 4.78 is 18.6. The van der Waals surface area contributed by atoms with Crippen molar-refractivity contribution in [2.24, 2.45) is 0 Å². The lowest BCUT2D eigenvalue weighted by molar-refractivity contribution is 0.0957. The smallest absolute Gasteiger partial charge is 0.198 e. The van der Waals surface area contributed by atoms with Crippen molar-refractivity contribution in [1.82, 2.24) is 0 Å². The molecule has 16 heavy (non-hydrogen) atoms. The number of fused-ring (bicyclic) bond motifs is 1. The van der Waals surface area contributed by atoms with E-state index >= 15 is 0 Å². The third kappa shape index (κ3) is 1.85. The second kappa shape index (κ2) is 4.08. The van der Waals surface area contributed by atoms with Gasteiger partial charge in [0.1, 0.15) is 11.4 Å². The van der Waals surface area contributed by atoms with Gasteiger partial charge in [-0.1, -0.05) is 6.92 Å². The summed E-state index contributed by atoms with van der Waals surface area (Å²) in [4.78, 5) is 11.6. The molecule has 1 heterocycles. The number of halogens is 1. The first kappa shape index (κ1) is 10.9. The predicted molar refractivity (Wildman–Crippen MR) is 60.1 cm³/mol. The number of rotatable bonds is 3. The van der Waals surface area contributed by atoms with E-state index in [4.69, 9.17) is 4.42 Å². The average molecular weight is 220 g/mol. The van der Waals surface area contributed by atoms with E-state index in [1.165, 1.54) is 12.1 Å². The minimum atomic E-state index is -0.305. The van der Waals surface area contributed by atoms with E-state index in [2.05, 4.69) is 0 Å². The molecule has 0 atom stereocenters. The van der Waals surface area contributed by atoms with Gasteiger partial charge in [0, 0.05) is 11.8 Å². The Bertz CT molecular complexity index is 540. The fourth-order valence-electron chi connectivity index (χ4n) is 1.77. The van der Waals surface area contributed by atoms with Crippen LogP contribution in [0.4, 0.5) is 4.39 Å². The summed E-state index contributed by atoms with van der Waals surface area (Å²) in [7, 11) is 0. The fraction of sp³-hybridized carbons (Fsp3) is 0.308. The molecule has 2 aromatic rings. The molecule has 0 aliphatic rings. The van der Waals surface area contributed by atoms with E-state index in [0.717, 1.165) is 6.42 Å². The van der Waals surface area contributed by atoms with Crippen LogP contribution in [0.3, 0.4) is 0 Å². The number of ketones is 1. The SMILES string of the molecule is CCCC(=O)c1cc2cc(F)cc(C)c2o1. The number of hydrogen-bond acceptors (Lipinski definition) is 2. The molecule has 2 nitrogen and oxygen atoms in total. The minimum Gasteiger partial charge on any atom is -0.453 e. The molecule has 1 aromatic carbocycles. The van der Waals surface area contributed by atoms with Crippen LogP contribution in [0.5, 0.6) is 0 Å². The Hall–Kier alpha value is -1.64. The maximum Gasteiger partial charge on any atom is 0.198 e. The summed E-state index contributed by atoms with van der Waals surface area (Å²) in [6.45, 7) is 3.70. The summed E-state index contributed by atoms with van der Waals surface area (Å²) in [5.41, 5.74) is 1.31. The molecule has 0 unspecified atom stereocenters. The van der Waals surface area contributed by atoms with Crippen LogP contribution in [0.15, 0.2) is 22.6 Å². The van der Waals surface area contributed by atoms with Crippen LogP contribution < -0.4 is 0 Å². The van der Waals surface area contributed by atoms with Gasteiger partial charge in [-0.05, 0) is 37.1 Å². The van der Waals surface area contributed by atoms with Crippen molar-refractivity contribution in [3.05, 3.63) is 35.3 Å². The average Bonchev–Trinajstić information content (AvgIpc) is 2.62. The molecule has 0 aliphatic carbocycles. The molecular formula is C13H13FO2. The van der Waals surface area contributed by atoms with Crippen molar-refractivity contribution in [3.8, 4) is 0 Å². The summed E-state index contributed by atoms with van der Waals surface area (Å²) >= 11 is 0. The van der Waals surface area contributed by atoms with Crippen molar-refractivity contribution >= 4 is 16.8 Å². The topological polar surface area (TPSA) is 30.2 Å². The normalized spacial score (nSPS) is 10.9. The van der Waals surface area contributed by atoms with Crippen molar-refractivity contribution in [2.75, 3.05) is 0 Å². The van der Waals surface area contributed by atoms with E-state index in [9.17, 15) is 9.18 Å². The Balaban J connectivity index is 2.51. The highest BCUT2D eigenvalue weighted by molar-refractivity contribution is 5.98. The van der Waals surface area contributed by atoms with Crippen LogP contribution in [-0.4, -0.2) is 5.78 Å². The van der Waals surface area contributed by atoms with E-state index in [0.29, 0.717) is 28.7 Å². The largest absolute Gasteiger partial charge is 0.453 e. The number of hydrogen-bond donors (Lipinski definition) is 0. The third-order valence-electron chi connectivity index (χ3n) is 2.52. The van der Waals surface area contributed by atoms with Crippen molar-refractivity contribution in [2.45, 2.75) is 26.7 Å². The molecule has 1 aromatic heterocycles.